The van der Waals surface area contributed by atoms with Gasteiger partial charge in [0.05, 0.1) is 11.5 Å². The van der Waals surface area contributed by atoms with Crippen LogP contribution in [0, 0.1) is 5.95 Å². The molecule has 0 spiro atoms. The number of furan rings is 1. The first-order valence-electron chi connectivity index (χ1n) is 7.96. The molecule has 136 valence electrons. The van der Waals surface area contributed by atoms with Crippen molar-refractivity contribution in [3.63, 3.8) is 0 Å². The Bertz CT molecular complexity index is 1110. The quantitative estimate of drug-likeness (QED) is 0.403. The van der Waals surface area contributed by atoms with E-state index in [0.29, 0.717) is 38.3 Å². The number of pyridine rings is 2. The summed E-state index contributed by atoms with van der Waals surface area (Å²) in [5, 5.41) is 3.28. The summed E-state index contributed by atoms with van der Waals surface area (Å²) in [6.07, 6.45) is 4.83. The third-order valence-corrected chi connectivity index (χ3v) is 4.89. The maximum absolute atomic E-state index is 13.9. The number of carbonyl (C=O) groups is 1. The fraction of sp³-hybridized carbons (Fsp3) is 0.111. The zero-order valence-electron chi connectivity index (χ0n) is 14.0. The summed E-state index contributed by atoms with van der Waals surface area (Å²) in [6, 6.07) is 4.68. The first-order chi connectivity index (χ1) is 13.0. The van der Waals surface area contributed by atoms with E-state index in [1.807, 2.05) is 0 Å². The number of rotatable bonds is 4. The molecule has 1 aliphatic rings. The van der Waals surface area contributed by atoms with Gasteiger partial charge in [-0.25, -0.2) is 0 Å². The fourth-order valence-electron chi connectivity index (χ4n) is 2.66. The molecule has 1 fully saturated rings. The van der Waals surface area contributed by atoms with Crippen LogP contribution >= 0.6 is 24.0 Å². The molecule has 0 atom stereocenters. The van der Waals surface area contributed by atoms with Gasteiger partial charge in [-0.15, -0.1) is 0 Å². The van der Waals surface area contributed by atoms with Crippen molar-refractivity contribution in [1.82, 2.24) is 15.3 Å². The number of thiocarbonyl (C=S) groups is 1. The molecule has 1 N–H and O–H groups in total. The smallest absolute Gasteiger partial charge is 0.263 e. The molecule has 0 saturated carbocycles. The molecule has 0 unspecified atom stereocenters. The summed E-state index contributed by atoms with van der Waals surface area (Å²) in [6.45, 7) is 2.17. The van der Waals surface area contributed by atoms with Crippen LogP contribution in [0.3, 0.4) is 0 Å². The number of nitrogens with one attached hydrogen (secondary N) is 1. The Kier molecular flexibility index (Phi) is 4.63. The lowest BCUT2D eigenvalue weighted by Crippen LogP contribution is -2.17. The summed E-state index contributed by atoms with van der Waals surface area (Å²) in [5.74, 6) is -0.261. The molecule has 0 aromatic carbocycles. The highest BCUT2D eigenvalue weighted by Crippen LogP contribution is 2.33. The highest BCUT2D eigenvalue weighted by molar-refractivity contribution is 8.26. The van der Waals surface area contributed by atoms with Gasteiger partial charge in [0, 0.05) is 41.6 Å². The van der Waals surface area contributed by atoms with Gasteiger partial charge >= 0.3 is 0 Å². The SMILES string of the molecule is CCOc1cc(-c2cncc3cc(C=C4SC(=S)NC4=O)oc23)cc(F)n1. The van der Waals surface area contributed by atoms with E-state index in [9.17, 15) is 9.18 Å². The van der Waals surface area contributed by atoms with Gasteiger partial charge in [0.25, 0.3) is 5.91 Å². The first kappa shape index (κ1) is 17.6. The number of hydrogen-bond donors (Lipinski definition) is 1. The molecule has 0 radical (unpaired) electrons. The predicted octanol–water partition coefficient (Wildman–Crippen LogP) is 3.92. The molecule has 4 heterocycles. The maximum atomic E-state index is 13.9. The third kappa shape index (κ3) is 3.56. The van der Waals surface area contributed by atoms with E-state index in [1.54, 1.807) is 37.5 Å². The lowest BCUT2D eigenvalue weighted by atomic mass is 10.1. The Morgan fingerprint density at radius 3 is 2.96 bits per heavy atom. The van der Waals surface area contributed by atoms with Crippen molar-refractivity contribution in [3.05, 3.63) is 47.2 Å². The average molecular weight is 401 g/mol. The van der Waals surface area contributed by atoms with Crippen molar-refractivity contribution in [1.29, 1.82) is 0 Å². The van der Waals surface area contributed by atoms with Crippen LogP contribution in [0.15, 0.2) is 39.9 Å². The van der Waals surface area contributed by atoms with E-state index >= 15 is 0 Å². The highest BCUT2D eigenvalue weighted by Gasteiger charge is 2.23. The number of halogens is 1. The molecule has 0 bridgehead atoms. The Labute approximate surface area is 162 Å². The molecule has 0 aliphatic carbocycles. The van der Waals surface area contributed by atoms with E-state index in [2.05, 4.69) is 15.3 Å². The Morgan fingerprint density at radius 1 is 1.37 bits per heavy atom. The second kappa shape index (κ2) is 7.09. The number of amides is 1. The topological polar surface area (TPSA) is 77.2 Å². The standard InChI is InChI=1S/C18H12FN3O3S2/c1-2-24-15-5-9(4-14(19)21-15)12-8-20-7-10-3-11(25-16(10)12)6-13-17(23)22-18(26)27-13/h3-8H,2H2,1H3,(H,22,23,26). The molecule has 27 heavy (non-hydrogen) atoms. The van der Waals surface area contributed by atoms with Crippen molar-refractivity contribution >= 4 is 51.3 Å². The second-order valence-corrected chi connectivity index (χ2v) is 7.28. The highest BCUT2D eigenvalue weighted by atomic mass is 32.2. The normalized spacial score (nSPS) is 15.6. The van der Waals surface area contributed by atoms with Gasteiger partial charge in [0.15, 0.2) is 0 Å². The number of hydrogen-bond acceptors (Lipinski definition) is 7. The van der Waals surface area contributed by atoms with Crippen molar-refractivity contribution in [2.24, 2.45) is 0 Å². The lowest BCUT2D eigenvalue weighted by molar-refractivity contribution is -0.115. The second-order valence-electron chi connectivity index (χ2n) is 5.56. The van der Waals surface area contributed by atoms with Crippen molar-refractivity contribution in [3.8, 4) is 17.0 Å². The molecular weight excluding hydrogens is 389 g/mol. The number of fused-ring (bicyclic) bond motifs is 1. The van der Waals surface area contributed by atoms with Gasteiger partial charge in [-0.05, 0) is 18.6 Å². The molecule has 1 saturated heterocycles. The Balaban J connectivity index is 1.80. The van der Waals surface area contributed by atoms with Gasteiger partial charge in [-0.3, -0.25) is 9.78 Å². The van der Waals surface area contributed by atoms with Gasteiger partial charge in [-0.2, -0.15) is 9.37 Å². The first-order valence-corrected chi connectivity index (χ1v) is 9.19. The molecule has 1 amide bonds. The number of carbonyl (C=O) groups excluding carboxylic acids is 1. The van der Waals surface area contributed by atoms with Gasteiger partial charge in [0.2, 0.25) is 11.8 Å². The minimum Gasteiger partial charge on any atom is -0.478 e. The van der Waals surface area contributed by atoms with Crippen LogP contribution in [0.25, 0.3) is 28.2 Å². The van der Waals surface area contributed by atoms with Crippen LogP contribution in [0.5, 0.6) is 5.88 Å². The molecule has 1 aliphatic heterocycles. The van der Waals surface area contributed by atoms with Gasteiger partial charge in [-0.1, -0.05) is 24.0 Å². The van der Waals surface area contributed by atoms with Crippen molar-refractivity contribution < 1.29 is 18.3 Å². The summed E-state index contributed by atoms with van der Waals surface area (Å²) >= 11 is 6.15. The predicted molar refractivity (Wildman–Crippen MR) is 105 cm³/mol. The number of thioether (sulfide) groups is 1. The molecule has 6 nitrogen and oxygen atoms in total. The van der Waals surface area contributed by atoms with E-state index in [-0.39, 0.29) is 11.8 Å². The van der Waals surface area contributed by atoms with Gasteiger partial charge < -0.3 is 14.5 Å². The molecule has 4 rings (SSSR count). The van der Waals surface area contributed by atoms with Crippen LogP contribution in [-0.2, 0) is 4.79 Å². The Morgan fingerprint density at radius 2 is 2.22 bits per heavy atom. The zero-order chi connectivity index (χ0) is 19.0. The average Bonchev–Trinajstić information content (AvgIpc) is 3.16. The Hall–Kier alpha value is -2.78. The minimum absolute atomic E-state index is 0.186. The van der Waals surface area contributed by atoms with Crippen molar-refractivity contribution in [2.75, 3.05) is 6.61 Å². The third-order valence-electron chi connectivity index (χ3n) is 3.73. The number of nitrogens with zero attached hydrogens (tertiary/aromatic N) is 2. The van der Waals surface area contributed by atoms with Crippen LogP contribution in [0.4, 0.5) is 4.39 Å². The van der Waals surface area contributed by atoms with E-state index in [1.165, 1.54) is 17.8 Å². The van der Waals surface area contributed by atoms with Crippen LogP contribution < -0.4 is 10.1 Å². The summed E-state index contributed by atoms with van der Waals surface area (Å²) in [7, 11) is 0. The fourth-order valence-corrected chi connectivity index (χ4v) is 3.68. The van der Waals surface area contributed by atoms with E-state index < -0.39 is 5.95 Å². The monoisotopic (exact) mass is 401 g/mol. The molecule has 3 aromatic rings. The van der Waals surface area contributed by atoms with Crippen LogP contribution in [0.2, 0.25) is 0 Å². The number of ether oxygens (including phenoxy) is 1. The summed E-state index contributed by atoms with van der Waals surface area (Å²) in [5.41, 5.74) is 1.65. The van der Waals surface area contributed by atoms with E-state index in [0.717, 1.165) is 5.39 Å². The molecular formula is C18H12FN3O3S2. The van der Waals surface area contributed by atoms with Crippen LogP contribution in [0.1, 0.15) is 12.7 Å². The maximum Gasteiger partial charge on any atom is 0.263 e. The largest absolute Gasteiger partial charge is 0.478 e. The van der Waals surface area contributed by atoms with Gasteiger partial charge in [0.1, 0.15) is 15.7 Å². The summed E-state index contributed by atoms with van der Waals surface area (Å²) in [4.78, 5) is 20.2. The number of aromatic nitrogens is 2. The van der Waals surface area contributed by atoms with E-state index in [4.69, 9.17) is 21.4 Å². The molecule has 3 aromatic heterocycles. The van der Waals surface area contributed by atoms with Crippen LogP contribution in [-0.4, -0.2) is 26.8 Å². The minimum atomic E-state index is -0.658. The van der Waals surface area contributed by atoms with Crippen molar-refractivity contribution in [2.45, 2.75) is 6.92 Å². The summed E-state index contributed by atoms with van der Waals surface area (Å²) < 4.78 is 25.5. The lowest BCUT2D eigenvalue weighted by Gasteiger charge is -2.06. The zero-order valence-corrected chi connectivity index (χ0v) is 15.6. The molecule has 9 heteroatoms.